The SMILES string of the molecule is COc1c(C2(CN)CCCC2)ccc(F)c1C. The van der Waals surface area contributed by atoms with E-state index in [0.717, 1.165) is 18.4 Å². The Morgan fingerprint density at radius 3 is 2.53 bits per heavy atom. The predicted molar refractivity (Wildman–Crippen MR) is 66.9 cm³/mol. The van der Waals surface area contributed by atoms with E-state index in [4.69, 9.17) is 10.5 Å². The number of hydrogen-bond acceptors (Lipinski definition) is 2. The number of nitrogens with two attached hydrogens (primary N) is 1. The van der Waals surface area contributed by atoms with E-state index in [1.54, 1.807) is 14.0 Å². The average molecular weight is 237 g/mol. The highest BCUT2D eigenvalue weighted by Crippen LogP contribution is 2.45. The zero-order chi connectivity index (χ0) is 12.5. The number of halogens is 1. The normalized spacial score (nSPS) is 18.4. The van der Waals surface area contributed by atoms with Gasteiger partial charge in [0, 0.05) is 23.1 Å². The van der Waals surface area contributed by atoms with E-state index in [2.05, 4.69) is 0 Å². The summed E-state index contributed by atoms with van der Waals surface area (Å²) in [5.74, 6) is 0.466. The van der Waals surface area contributed by atoms with Crippen LogP contribution in [0.25, 0.3) is 0 Å². The van der Waals surface area contributed by atoms with Crippen LogP contribution in [0.3, 0.4) is 0 Å². The zero-order valence-corrected chi connectivity index (χ0v) is 10.6. The third-order valence-corrected chi connectivity index (χ3v) is 4.07. The lowest BCUT2D eigenvalue weighted by Crippen LogP contribution is -2.32. The lowest BCUT2D eigenvalue weighted by Gasteiger charge is -2.30. The topological polar surface area (TPSA) is 35.2 Å². The summed E-state index contributed by atoms with van der Waals surface area (Å²) < 4.78 is 19.0. The lowest BCUT2D eigenvalue weighted by atomic mass is 9.78. The van der Waals surface area contributed by atoms with Gasteiger partial charge < -0.3 is 10.5 Å². The van der Waals surface area contributed by atoms with Gasteiger partial charge in [-0.2, -0.15) is 0 Å². The molecule has 0 saturated heterocycles. The standard InChI is InChI=1S/C14H20FNO/c1-10-12(15)6-5-11(13(10)17-2)14(9-16)7-3-4-8-14/h5-6H,3-4,7-9,16H2,1-2H3. The molecule has 1 aliphatic carbocycles. The van der Waals surface area contributed by atoms with Crippen molar-refractivity contribution in [3.8, 4) is 5.75 Å². The molecular weight excluding hydrogens is 217 g/mol. The number of hydrogen-bond donors (Lipinski definition) is 1. The summed E-state index contributed by atoms with van der Waals surface area (Å²) in [6.45, 7) is 2.37. The molecule has 0 aromatic heterocycles. The number of ether oxygens (including phenoxy) is 1. The van der Waals surface area contributed by atoms with Crippen molar-refractivity contribution in [3.05, 3.63) is 29.1 Å². The maximum atomic E-state index is 13.6. The van der Waals surface area contributed by atoms with Gasteiger partial charge in [-0.15, -0.1) is 0 Å². The van der Waals surface area contributed by atoms with Gasteiger partial charge in [-0.1, -0.05) is 18.9 Å². The molecule has 1 aromatic carbocycles. The molecule has 0 unspecified atom stereocenters. The Morgan fingerprint density at radius 2 is 2.00 bits per heavy atom. The van der Waals surface area contributed by atoms with Crippen molar-refractivity contribution < 1.29 is 9.13 Å². The maximum Gasteiger partial charge on any atom is 0.129 e. The molecular formula is C14H20FNO. The van der Waals surface area contributed by atoms with Crippen molar-refractivity contribution in [1.29, 1.82) is 0 Å². The monoisotopic (exact) mass is 237 g/mol. The van der Waals surface area contributed by atoms with E-state index >= 15 is 0 Å². The minimum absolute atomic E-state index is 0.0101. The summed E-state index contributed by atoms with van der Waals surface area (Å²) in [6, 6.07) is 3.38. The first-order chi connectivity index (χ1) is 8.14. The largest absolute Gasteiger partial charge is 0.496 e. The molecule has 1 fully saturated rings. The minimum atomic E-state index is -0.212. The van der Waals surface area contributed by atoms with E-state index in [-0.39, 0.29) is 11.2 Å². The maximum absolute atomic E-state index is 13.6. The Kier molecular flexibility index (Phi) is 3.38. The van der Waals surface area contributed by atoms with Crippen LogP contribution >= 0.6 is 0 Å². The Morgan fingerprint density at radius 1 is 1.35 bits per heavy atom. The number of benzene rings is 1. The number of methoxy groups -OCH3 is 1. The summed E-state index contributed by atoms with van der Waals surface area (Å²) in [5, 5.41) is 0. The fraction of sp³-hybridized carbons (Fsp3) is 0.571. The van der Waals surface area contributed by atoms with Gasteiger partial charge in [0.2, 0.25) is 0 Å². The van der Waals surface area contributed by atoms with Crippen LogP contribution in [0.4, 0.5) is 4.39 Å². The Hall–Kier alpha value is -1.09. The Bertz CT molecular complexity index is 411. The highest BCUT2D eigenvalue weighted by molar-refractivity contribution is 5.46. The third kappa shape index (κ3) is 1.93. The molecule has 2 rings (SSSR count). The van der Waals surface area contributed by atoms with E-state index in [1.807, 2.05) is 6.07 Å². The van der Waals surface area contributed by atoms with Crippen LogP contribution in [0.2, 0.25) is 0 Å². The number of rotatable bonds is 3. The summed E-state index contributed by atoms with van der Waals surface area (Å²) in [7, 11) is 1.60. The molecule has 1 aliphatic rings. The highest BCUT2D eigenvalue weighted by Gasteiger charge is 2.37. The first-order valence-corrected chi connectivity index (χ1v) is 6.18. The van der Waals surface area contributed by atoms with E-state index < -0.39 is 0 Å². The second-order valence-electron chi connectivity index (χ2n) is 4.94. The molecule has 0 atom stereocenters. The molecule has 0 radical (unpaired) electrons. The fourth-order valence-electron chi connectivity index (χ4n) is 2.98. The second-order valence-corrected chi connectivity index (χ2v) is 4.94. The van der Waals surface area contributed by atoms with Gasteiger partial charge in [-0.3, -0.25) is 0 Å². The van der Waals surface area contributed by atoms with Crippen LogP contribution in [0, 0.1) is 12.7 Å². The van der Waals surface area contributed by atoms with E-state index in [9.17, 15) is 4.39 Å². The van der Waals surface area contributed by atoms with E-state index in [1.165, 1.54) is 18.9 Å². The molecule has 0 bridgehead atoms. The third-order valence-electron chi connectivity index (χ3n) is 4.07. The van der Waals surface area contributed by atoms with Gasteiger partial charge in [0.25, 0.3) is 0 Å². The first-order valence-electron chi connectivity index (χ1n) is 6.18. The zero-order valence-electron chi connectivity index (χ0n) is 10.6. The highest BCUT2D eigenvalue weighted by atomic mass is 19.1. The first kappa shape index (κ1) is 12.4. The van der Waals surface area contributed by atoms with Gasteiger partial charge in [0.1, 0.15) is 11.6 Å². The second kappa shape index (κ2) is 4.65. The van der Waals surface area contributed by atoms with Crippen LogP contribution in [0.15, 0.2) is 12.1 Å². The fourth-order valence-corrected chi connectivity index (χ4v) is 2.98. The van der Waals surface area contributed by atoms with Gasteiger partial charge >= 0.3 is 0 Å². The summed E-state index contributed by atoms with van der Waals surface area (Å²) in [4.78, 5) is 0. The summed E-state index contributed by atoms with van der Waals surface area (Å²) >= 11 is 0. The molecule has 0 aliphatic heterocycles. The molecule has 17 heavy (non-hydrogen) atoms. The van der Waals surface area contributed by atoms with Crippen molar-refractivity contribution in [2.75, 3.05) is 13.7 Å². The Balaban J connectivity index is 2.54. The molecule has 2 nitrogen and oxygen atoms in total. The molecule has 1 saturated carbocycles. The van der Waals surface area contributed by atoms with Crippen LogP contribution in [0.1, 0.15) is 36.8 Å². The molecule has 3 heteroatoms. The molecule has 0 spiro atoms. The molecule has 2 N–H and O–H groups in total. The van der Waals surface area contributed by atoms with Gasteiger partial charge in [-0.05, 0) is 25.8 Å². The van der Waals surface area contributed by atoms with Crippen molar-refractivity contribution >= 4 is 0 Å². The van der Waals surface area contributed by atoms with Crippen molar-refractivity contribution in [2.24, 2.45) is 5.73 Å². The van der Waals surface area contributed by atoms with Gasteiger partial charge in [-0.25, -0.2) is 4.39 Å². The minimum Gasteiger partial charge on any atom is -0.496 e. The van der Waals surface area contributed by atoms with Crippen LogP contribution in [0.5, 0.6) is 5.75 Å². The molecule has 0 heterocycles. The predicted octanol–water partition coefficient (Wildman–Crippen LogP) is 2.91. The summed E-state index contributed by atoms with van der Waals surface area (Å²) in [6.07, 6.45) is 4.53. The van der Waals surface area contributed by atoms with Crippen LogP contribution in [-0.4, -0.2) is 13.7 Å². The smallest absolute Gasteiger partial charge is 0.129 e. The summed E-state index contributed by atoms with van der Waals surface area (Å²) in [5.41, 5.74) is 7.62. The quantitative estimate of drug-likeness (QED) is 0.877. The average Bonchev–Trinajstić information content (AvgIpc) is 2.82. The van der Waals surface area contributed by atoms with Gasteiger partial charge in [0.05, 0.1) is 7.11 Å². The van der Waals surface area contributed by atoms with Crippen molar-refractivity contribution in [3.63, 3.8) is 0 Å². The molecule has 1 aromatic rings. The van der Waals surface area contributed by atoms with Crippen LogP contribution in [-0.2, 0) is 5.41 Å². The molecule has 94 valence electrons. The van der Waals surface area contributed by atoms with Crippen molar-refractivity contribution in [2.45, 2.75) is 38.0 Å². The Labute approximate surface area is 102 Å². The molecule has 0 amide bonds. The van der Waals surface area contributed by atoms with Gasteiger partial charge in [0.15, 0.2) is 0 Å². The van der Waals surface area contributed by atoms with Crippen LogP contribution < -0.4 is 10.5 Å². The lowest BCUT2D eigenvalue weighted by molar-refractivity contribution is 0.371. The van der Waals surface area contributed by atoms with E-state index in [0.29, 0.717) is 17.9 Å². The van der Waals surface area contributed by atoms with Crippen molar-refractivity contribution in [1.82, 2.24) is 0 Å².